The standard InChI is InChI=1S/C18H19N5O/c19-10-15-6-7-18(21-20-15)23-12-16-17(13-23)24-9-8-22(16)11-14-4-2-1-3-5-14/h1-7,16-17H,8-9,11-13H2. The van der Waals surface area contributed by atoms with Gasteiger partial charge in [0, 0.05) is 26.2 Å². The Hall–Kier alpha value is -2.49. The molecular weight excluding hydrogens is 302 g/mol. The van der Waals surface area contributed by atoms with Crippen LogP contribution in [-0.4, -0.2) is 53.5 Å². The van der Waals surface area contributed by atoms with Crippen LogP contribution in [0.25, 0.3) is 0 Å². The molecule has 0 N–H and O–H groups in total. The Morgan fingerprint density at radius 2 is 2.00 bits per heavy atom. The zero-order valence-electron chi connectivity index (χ0n) is 13.4. The van der Waals surface area contributed by atoms with Gasteiger partial charge in [0.25, 0.3) is 0 Å². The summed E-state index contributed by atoms with van der Waals surface area (Å²) in [5, 5.41) is 17.0. The van der Waals surface area contributed by atoms with Crippen LogP contribution in [0.15, 0.2) is 42.5 Å². The van der Waals surface area contributed by atoms with E-state index < -0.39 is 0 Å². The number of anilines is 1. The Bertz CT molecular complexity index is 727. The van der Waals surface area contributed by atoms with E-state index in [4.69, 9.17) is 10.00 Å². The smallest absolute Gasteiger partial charge is 0.163 e. The molecule has 1 aromatic heterocycles. The maximum atomic E-state index is 8.84. The molecule has 4 rings (SSSR count). The zero-order valence-corrected chi connectivity index (χ0v) is 13.4. The lowest BCUT2D eigenvalue weighted by Crippen LogP contribution is -2.50. The van der Waals surface area contributed by atoms with Gasteiger partial charge in [-0.3, -0.25) is 4.90 Å². The number of hydrogen-bond acceptors (Lipinski definition) is 6. The molecule has 2 fully saturated rings. The molecule has 122 valence electrons. The molecule has 0 bridgehead atoms. The SMILES string of the molecule is N#Cc1ccc(N2CC3OCCN(Cc4ccccc4)C3C2)nn1. The third-order valence-corrected chi connectivity index (χ3v) is 4.73. The van der Waals surface area contributed by atoms with Crippen molar-refractivity contribution >= 4 is 5.82 Å². The Morgan fingerprint density at radius 3 is 2.75 bits per heavy atom. The predicted molar refractivity (Wildman–Crippen MR) is 89.3 cm³/mol. The summed E-state index contributed by atoms with van der Waals surface area (Å²) >= 11 is 0. The summed E-state index contributed by atoms with van der Waals surface area (Å²) in [5.41, 5.74) is 1.67. The molecule has 0 radical (unpaired) electrons. The second-order valence-electron chi connectivity index (χ2n) is 6.23. The summed E-state index contributed by atoms with van der Waals surface area (Å²) in [5.74, 6) is 0.812. The minimum atomic E-state index is 0.194. The highest BCUT2D eigenvalue weighted by atomic mass is 16.5. The summed E-state index contributed by atoms with van der Waals surface area (Å²) in [7, 11) is 0. The van der Waals surface area contributed by atoms with Crippen LogP contribution in [0.2, 0.25) is 0 Å². The van der Waals surface area contributed by atoms with E-state index in [1.807, 2.05) is 18.2 Å². The van der Waals surface area contributed by atoms with Crippen LogP contribution in [0.1, 0.15) is 11.3 Å². The Kier molecular flexibility index (Phi) is 4.11. The molecule has 0 spiro atoms. The second-order valence-corrected chi connectivity index (χ2v) is 6.23. The summed E-state index contributed by atoms with van der Waals surface area (Å²) in [4.78, 5) is 4.70. The molecule has 0 aliphatic carbocycles. The third kappa shape index (κ3) is 2.96. The number of nitrogens with zero attached hydrogens (tertiary/aromatic N) is 5. The fraction of sp³-hybridized carbons (Fsp3) is 0.389. The van der Waals surface area contributed by atoms with Crippen molar-refractivity contribution in [1.29, 1.82) is 5.26 Å². The van der Waals surface area contributed by atoms with Crippen LogP contribution in [0, 0.1) is 11.3 Å². The topological polar surface area (TPSA) is 65.3 Å². The Morgan fingerprint density at radius 1 is 1.12 bits per heavy atom. The summed E-state index contributed by atoms with van der Waals surface area (Å²) < 4.78 is 5.98. The first-order valence-electron chi connectivity index (χ1n) is 8.22. The summed E-state index contributed by atoms with van der Waals surface area (Å²) in [6.45, 7) is 4.34. The maximum absolute atomic E-state index is 8.84. The number of aromatic nitrogens is 2. The fourth-order valence-electron chi connectivity index (χ4n) is 3.51. The number of fused-ring (bicyclic) bond motifs is 1. The molecule has 2 aliphatic rings. The normalized spacial score (nSPS) is 23.7. The molecule has 24 heavy (non-hydrogen) atoms. The molecule has 6 heteroatoms. The quantitative estimate of drug-likeness (QED) is 0.852. The number of hydrogen-bond donors (Lipinski definition) is 0. The van der Waals surface area contributed by atoms with Crippen molar-refractivity contribution in [2.45, 2.75) is 18.7 Å². The minimum Gasteiger partial charge on any atom is -0.373 e. The molecule has 2 unspecified atom stereocenters. The van der Waals surface area contributed by atoms with Crippen molar-refractivity contribution in [2.24, 2.45) is 0 Å². The van der Waals surface area contributed by atoms with E-state index in [1.165, 1.54) is 5.56 Å². The van der Waals surface area contributed by atoms with Gasteiger partial charge in [-0.2, -0.15) is 5.26 Å². The van der Waals surface area contributed by atoms with Crippen molar-refractivity contribution in [1.82, 2.24) is 15.1 Å². The molecular formula is C18H19N5O. The maximum Gasteiger partial charge on any atom is 0.163 e. The number of nitriles is 1. The molecule has 6 nitrogen and oxygen atoms in total. The molecule has 3 heterocycles. The van der Waals surface area contributed by atoms with Crippen molar-refractivity contribution < 1.29 is 4.74 Å². The first kappa shape index (κ1) is 15.1. The van der Waals surface area contributed by atoms with Crippen molar-refractivity contribution in [3.8, 4) is 6.07 Å². The molecule has 2 aliphatic heterocycles. The van der Waals surface area contributed by atoms with Crippen LogP contribution in [0.3, 0.4) is 0 Å². The molecule has 1 aromatic carbocycles. The third-order valence-electron chi connectivity index (χ3n) is 4.73. The van der Waals surface area contributed by atoms with Crippen molar-refractivity contribution in [2.75, 3.05) is 31.1 Å². The van der Waals surface area contributed by atoms with E-state index in [1.54, 1.807) is 6.07 Å². The Labute approximate surface area is 141 Å². The van der Waals surface area contributed by atoms with Crippen LogP contribution in [0.5, 0.6) is 0 Å². The number of rotatable bonds is 3. The van der Waals surface area contributed by atoms with Gasteiger partial charge in [-0.15, -0.1) is 10.2 Å². The molecule has 0 amide bonds. The van der Waals surface area contributed by atoms with Crippen molar-refractivity contribution in [3.63, 3.8) is 0 Å². The predicted octanol–water partition coefficient (Wildman–Crippen LogP) is 1.44. The van der Waals surface area contributed by atoms with Crippen LogP contribution in [0.4, 0.5) is 5.82 Å². The van der Waals surface area contributed by atoms with Gasteiger partial charge in [0.05, 0.1) is 18.8 Å². The Balaban J connectivity index is 1.48. The van der Waals surface area contributed by atoms with Gasteiger partial charge in [0.15, 0.2) is 11.5 Å². The lowest BCUT2D eigenvalue weighted by atomic mass is 10.1. The van der Waals surface area contributed by atoms with E-state index in [-0.39, 0.29) is 6.10 Å². The lowest BCUT2D eigenvalue weighted by Gasteiger charge is -2.36. The molecule has 0 saturated carbocycles. The number of ether oxygens (including phenoxy) is 1. The van der Waals surface area contributed by atoms with Gasteiger partial charge in [-0.05, 0) is 17.7 Å². The van der Waals surface area contributed by atoms with Crippen LogP contribution in [-0.2, 0) is 11.3 Å². The largest absolute Gasteiger partial charge is 0.373 e. The molecule has 2 aromatic rings. The average Bonchev–Trinajstić information content (AvgIpc) is 3.08. The van der Waals surface area contributed by atoms with E-state index in [0.717, 1.165) is 38.6 Å². The van der Waals surface area contributed by atoms with E-state index in [0.29, 0.717) is 11.7 Å². The van der Waals surface area contributed by atoms with E-state index >= 15 is 0 Å². The van der Waals surface area contributed by atoms with Gasteiger partial charge in [0.1, 0.15) is 6.07 Å². The molecule has 2 saturated heterocycles. The lowest BCUT2D eigenvalue weighted by molar-refractivity contribution is -0.0499. The highest BCUT2D eigenvalue weighted by Gasteiger charge is 2.40. The van der Waals surface area contributed by atoms with E-state index in [2.05, 4.69) is 44.3 Å². The van der Waals surface area contributed by atoms with Gasteiger partial charge >= 0.3 is 0 Å². The van der Waals surface area contributed by atoms with Crippen molar-refractivity contribution in [3.05, 3.63) is 53.7 Å². The van der Waals surface area contributed by atoms with E-state index in [9.17, 15) is 0 Å². The first-order valence-corrected chi connectivity index (χ1v) is 8.22. The van der Waals surface area contributed by atoms with Crippen LogP contribution >= 0.6 is 0 Å². The average molecular weight is 321 g/mol. The van der Waals surface area contributed by atoms with Gasteiger partial charge in [-0.1, -0.05) is 30.3 Å². The highest BCUT2D eigenvalue weighted by molar-refractivity contribution is 5.41. The summed E-state index contributed by atoms with van der Waals surface area (Å²) in [6, 6.07) is 16.5. The van der Waals surface area contributed by atoms with Gasteiger partial charge < -0.3 is 9.64 Å². The van der Waals surface area contributed by atoms with Crippen LogP contribution < -0.4 is 4.90 Å². The monoisotopic (exact) mass is 321 g/mol. The van der Waals surface area contributed by atoms with Gasteiger partial charge in [-0.25, -0.2) is 0 Å². The second kappa shape index (κ2) is 6.56. The minimum absolute atomic E-state index is 0.194. The van der Waals surface area contributed by atoms with Gasteiger partial charge in [0.2, 0.25) is 0 Å². The molecule has 2 atom stereocenters. The first-order chi connectivity index (χ1) is 11.8. The summed E-state index contributed by atoms with van der Waals surface area (Å²) in [6.07, 6.45) is 0.194. The zero-order chi connectivity index (χ0) is 16.4. The number of morpholine rings is 1. The highest BCUT2D eigenvalue weighted by Crippen LogP contribution is 2.27. The number of benzene rings is 1. The fourth-order valence-corrected chi connectivity index (χ4v) is 3.51.